The molecule has 0 bridgehead atoms. The maximum atomic E-state index is 6.18. The summed E-state index contributed by atoms with van der Waals surface area (Å²) in [6.45, 7) is 9.46. The first-order valence-electron chi connectivity index (χ1n) is 6.28. The van der Waals surface area contributed by atoms with Crippen molar-refractivity contribution >= 4 is 5.82 Å². The van der Waals surface area contributed by atoms with Gasteiger partial charge in [-0.2, -0.15) is 0 Å². The van der Waals surface area contributed by atoms with Gasteiger partial charge in [-0.15, -0.1) is 0 Å². The largest absolute Gasteiger partial charge is 0.383 e. The predicted octanol–water partition coefficient (Wildman–Crippen LogP) is 1.70. The summed E-state index contributed by atoms with van der Waals surface area (Å²) in [5.41, 5.74) is 14.1. The maximum absolute atomic E-state index is 6.18. The number of hydrogen-bond donors (Lipinski definition) is 2. The molecule has 0 radical (unpaired) electrons. The van der Waals surface area contributed by atoms with Gasteiger partial charge in [-0.1, -0.05) is 13.8 Å². The van der Waals surface area contributed by atoms with Crippen molar-refractivity contribution in [2.45, 2.75) is 33.2 Å². The summed E-state index contributed by atoms with van der Waals surface area (Å²) in [4.78, 5) is 6.51. The molecule has 0 saturated carbocycles. The Bertz CT molecular complexity index is 347. The van der Waals surface area contributed by atoms with E-state index in [0.29, 0.717) is 5.82 Å². The van der Waals surface area contributed by atoms with Crippen LogP contribution in [0, 0.1) is 6.92 Å². The van der Waals surface area contributed by atoms with Crippen LogP contribution in [0.3, 0.4) is 0 Å². The van der Waals surface area contributed by atoms with Gasteiger partial charge >= 0.3 is 0 Å². The minimum atomic E-state index is -0.0250. The Morgan fingerprint density at radius 2 is 2.00 bits per heavy atom. The molecular weight excluding hydrogens is 212 g/mol. The highest BCUT2D eigenvalue weighted by atomic mass is 15.1. The van der Waals surface area contributed by atoms with E-state index < -0.39 is 0 Å². The second-order valence-corrected chi connectivity index (χ2v) is 4.41. The number of aryl methyl sites for hydroxylation is 1. The van der Waals surface area contributed by atoms with E-state index in [0.717, 1.165) is 37.2 Å². The van der Waals surface area contributed by atoms with Crippen LogP contribution in [-0.4, -0.2) is 29.5 Å². The Morgan fingerprint density at radius 1 is 1.35 bits per heavy atom. The van der Waals surface area contributed by atoms with Crippen molar-refractivity contribution < 1.29 is 0 Å². The Kier molecular flexibility index (Phi) is 5.38. The third-order valence-electron chi connectivity index (χ3n) is 3.14. The zero-order chi connectivity index (χ0) is 12.8. The van der Waals surface area contributed by atoms with Gasteiger partial charge in [0, 0.05) is 17.8 Å². The van der Waals surface area contributed by atoms with E-state index in [1.807, 2.05) is 13.0 Å². The second-order valence-electron chi connectivity index (χ2n) is 4.41. The van der Waals surface area contributed by atoms with Crippen LogP contribution in [0.5, 0.6) is 0 Å². The molecule has 0 fully saturated rings. The number of nitrogens with zero attached hydrogens (tertiary/aromatic N) is 2. The number of nitrogens with two attached hydrogens (primary N) is 2. The highest BCUT2D eigenvalue weighted by Crippen LogP contribution is 2.20. The second kappa shape index (κ2) is 6.57. The molecule has 0 aliphatic rings. The molecule has 0 aromatic carbocycles. The van der Waals surface area contributed by atoms with Gasteiger partial charge in [0.05, 0.1) is 0 Å². The average Bonchev–Trinajstić information content (AvgIpc) is 2.33. The highest BCUT2D eigenvalue weighted by molar-refractivity contribution is 5.42. The third-order valence-corrected chi connectivity index (χ3v) is 3.14. The van der Waals surface area contributed by atoms with Crippen LogP contribution < -0.4 is 11.5 Å². The number of aromatic nitrogens is 1. The fourth-order valence-corrected chi connectivity index (χ4v) is 1.92. The van der Waals surface area contributed by atoms with Crippen molar-refractivity contribution in [3.8, 4) is 0 Å². The smallest absolute Gasteiger partial charge is 0.128 e. The molecule has 0 saturated heterocycles. The fourth-order valence-electron chi connectivity index (χ4n) is 1.92. The molecular formula is C13H24N4. The minimum Gasteiger partial charge on any atom is -0.383 e. The Morgan fingerprint density at radius 3 is 2.59 bits per heavy atom. The van der Waals surface area contributed by atoms with Crippen LogP contribution in [0.25, 0.3) is 0 Å². The molecule has 0 aliphatic heterocycles. The Labute approximate surface area is 104 Å². The van der Waals surface area contributed by atoms with E-state index in [4.69, 9.17) is 11.5 Å². The van der Waals surface area contributed by atoms with Gasteiger partial charge in [-0.05, 0) is 44.6 Å². The topological polar surface area (TPSA) is 68.2 Å². The fraction of sp³-hybridized carbons (Fsp3) is 0.615. The lowest BCUT2D eigenvalue weighted by molar-refractivity contribution is 0.291. The lowest BCUT2D eigenvalue weighted by atomic mass is 10.0. The van der Waals surface area contributed by atoms with E-state index in [9.17, 15) is 0 Å². The maximum Gasteiger partial charge on any atom is 0.128 e. The van der Waals surface area contributed by atoms with E-state index in [1.165, 1.54) is 0 Å². The molecule has 17 heavy (non-hydrogen) atoms. The van der Waals surface area contributed by atoms with Crippen molar-refractivity contribution in [3.63, 3.8) is 0 Å². The monoisotopic (exact) mass is 236 g/mol. The van der Waals surface area contributed by atoms with Crippen LogP contribution in [0.4, 0.5) is 5.82 Å². The number of nitrogen functional groups attached to an aromatic ring is 1. The zero-order valence-electron chi connectivity index (χ0n) is 11.1. The van der Waals surface area contributed by atoms with Crippen molar-refractivity contribution in [2.24, 2.45) is 5.73 Å². The quantitative estimate of drug-likeness (QED) is 0.789. The van der Waals surface area contributed by atoms with Crippen LogP contribution in [0.1, 0.15) is 37.4 Å². The van der Waals surface area contributed by atoms with Crippen molar-refractivity contribution in [3.05, 3.63) is 23.4 Å². The molecule has 1 unspecified atom stereocenters. The van der Waals surface area contributed by atoms with Crippen molar-refractivity contribution in [2.75, 3.05) is 25.4 Å². The molecule has 0 aliphatic carbocycles. The number of rotatable bonds is 6. The van der Waals surface area contributed by atoms with E-state index in [1.54, 1.807) is 6.20 Å². The van der Waals surface area contributed by atoms with Crippen molar-refractivity contribution in [1.29, 1.82) is 0 Å². The van der Waals surface area contributed by atoms with Crippen LogP contribution >= 0.6 is 0 Å². The number of hydrogen-bond acceptors (Lipinski definition) is 4. The summed E-state index contributed by atoms with van der Waals surface area (Å²) in [6.07, 6.45) is 2.69. The van der Waals surface area contributed by atoms with E-state index in [2.05, 4.69) is 23.7 Å². The Hall–Kier alpha value is -1.13. The molecule has 4 N–H and O–H groups in total. The summed E-state index contributed by atoms with van der Waals surface area (Å²) < 4.78 is 0. The van der Waals surface area contributed by atoms with Gasteiger partial charge < -0.3 is 16.4 Å². The molecule has 1 aromatic heterocycles. The summed E-state index contributed by atoms with van der Waals surface area (Å²) in [5, 5.41) is 0. The standard InChI is InChI=1S/C13H24N4/c1-4-17(5-2)7-6-12(14)11-8-10(3)9-16-13(11)15/h8-9,12H,4-7,14H2,1-3H3,(H2,15,16). The van der Waals surface area contributed by atoms with Crippen LogP contribution in [0.15, 0.2) is 12.3 Å². The summed E-state index contributed by atoms with van der Waals surface area (Å²) in [6, 6.07) is 2.01. The molecule has 1 heterocycles. The minimum absolute atomic E-state index is 0.0250. The SMILES string of the molecule is CCN(CC)CCC(N)c1cc(C)cnc1N. The summed E-state index contributed by atoms with van der Waals surface area (Å²) in [7, 11) is 0. The molecule has 0 spiro atoms. The lowest BCUT2D eigenvalue weighted by Gasteiger charge is -2.21. The molecule has 1 atom stereocenters. The normalized spacial score (nSPS) is 13.0. The van der Waals surface area contributed by atoms with Gasteiger partial charge in [-0.25, -0.2) is 4.98 Å². The van der Waals surface area contributed by atoms with Gasteiger partial charge in [0.1, 0.15) is 5.82 Å². The zero-order valence-corrected chi connectivity index (χ0v) is 11.1. The summed E-state index contributed by atoms with van der Waals surface area (Å²) >= 11 is 0. The van der Waals surface area contributed by atoms with Crippen LogP contribution in [-0.2, 0) is 0 Å². The first-order valence-corrected chi connectivity index (χ1v) is 6.28. The van der Waals surface area contributed by atoms with Gasteiger partial charge in [0.25, 0.3) is 0 Å². The van der Waals surface area contributed by atoms with Gasteiger partial charge in [0.2, 0.25) is 0 Å². The average molecular weight is 236 g/mol. The van der Waals surface area contributed by atoms with Gasteiger partial charge in [0.15, 0.2) is 0 Å². The molecule has 4 nitrogen and oxygen atoms in total. The number of pyridine rings is 1. The van der Waals surface area contributed by atoms with Gasteiger partial charge in [-0.3, -0.25) is 0 Å². The molecule has 96 valence electrons. The Balaban J connectivity index is 2.63. The first-order chi connectivity index (χ1) is 8.08. The lowest BCUT2D eigenvalue weighted by Crippen LogP contribution is -2.27. The number of anilines is 1. The molecule has 1 aromatic rings. The van der Waals surface area contributed by atoms with E-state index >= 15 is 0 Å². The highest BCUT2D eigenvalue weighted by Gasteiger charge is 2.12. The predicted molar refractivity (Wildman–Crippen MR) is 72.7 cm³/mol. The van der Waals surface area contributed by atoms with Crippen LogP contribution in [0.2, 0.25) is 0 Å². The van der Waals surface area contributed by atoms with Crippen molar-refractivity contribution in [1.82, 2.24) is 9.88 Å². The first kappa shape index (κ1) is 13.9. The van der Waals surface area contributed by atoms with E-state index in [-0.39, 0.29) is 6.04 Å². The molecule has 0 amide bonds. The summed E-state index contributed by atoms with van der Waals surface area (Å²) in [5.74, 6) is 0.558. The molecule has 1 rings (SSSR count). The molecule has 4 heteroatoms. The third kappa shape index (κ3) is 3.98.